The summed E-state index contributed by atoms with van der Waals surface area (Å²) < 4.78 is 5.96. The number of piperidine rings is 1. The SMILES string of the molecule is CN1C[C@@H](Oc2ccc(NC(=O)[C@H](NCCc3ccc(Cl)cc3)c3ccccc3)nc2)CCC1=O. The Bertz CT molecular complexity index is 1120. The molecule has 0 radical (unpaired) electrons. The lowest BCUT2D eigenvalue weighted by Crippen LogP contribution is -2.42. The summed E-state index contributed by atoms with van der Waals surface area (Å²) in [6.45, 7) is 1.17. The lowest BCUT2D eigenvalue weighted by molar-refractivity contribution is -0.134. The van der Waals surface area contributed by atoms with Crippen molar-refractivity contribution in [2.75, 3.05) is 25.5 Å². The van der Waals surface area contributed by atoms with Gasteiger partial charge in [-0.3, -0.25) is 9.59 Å². The molecule has 35 heavy (non-hydrogen) atoms. The standard InChI is InChI=1S/C27H29ClN4O3/c1-32-18-23(12-14-25(32)33)35-22-11-13-24(30-17-22)31-27(34)26(20-5-3-2-4-6-20)29-16-15-19-7-9-21(28)10-8-19/h2-11,13,17,23,26,29H,12,14-16,18H2,1H3,(H,30,31,34)/t23-,26+/m0/s1. The molecule has 2 N–H and O–H groups in total. The fourth-order valence-electron chi connectivity index (χ4n) is 4.00. The Balaban J connectivity index is 1.36. The zero-order valence-electron chi connectivity index (χ0n) is 19.6. The molecule has 7 nitrogen and oxygen atoms in total. The van der Waals surface area contributed by atoms with Gasteiger partial charge in [0.1, 0.15) is 23.7 Å². The maximum absolute atomic E-state index is 13.2. The second-order valence-electron chi connectivity index (χ2n) is 8.60. The number of pyridine rings is 1. The van der Waals surface area contributed by atoms with Crippen molar-refractivity contribution in [3.8, 4) is 5.75 Å². The molecule has 0 saturated carbocycles. The van der Waals surface area contributed by atoms with E-state index in [-0.39, 0.29) is 17.9 Å². The van der Waals surface area contributed by atoms with Gasteiger partial charge in [0.25, 0.3) is 0 Å². The lowest BCUT2D eigenvalue weighted by atomic mass is 10.1. The average Bonchev–Trinajstić information content (AvgIpc) is 2.87. The number of benzene rings is 2. The number of halogens is 1. The van der Waals surface area contributed by atoms with E-state index in [9.17, 15) is 9.59 Å². The van der Waals surface area contributed by atoms with Crippen LogP contribution in [0.15, 0.2) is 72.9 Å². The molecule has 0 bridgehead atoms. The molecular formula is C27H29ClN4O3. The van der Waals surface area contributed by atoms with E-state index in [1.165, 1.54) is 0 Å². The Morgan fingerprint density at radius 3 is 2.60 bits per heavy atom. The highest BCUT2D eigenvalue weighted by molar-refractivity contribution is 6.30. The van der Waals surface area contributed by atoms with Gasteiger partial charge in [0.2, 0.25) is 11.8 Å². The minimum absolute atomic E-state index is 0.0627. The Kier molecular flexibility index (Phi) is 8.34. The minimum atomic E-state index is -0.531. The van der Waals surface area contributed by atoms with Crippen LogP contribution < -0.4 is 15.4 Å². The number of hydrogen-bond donors (Lipinski definition) is 2. The van der Waals surface area contributed by atoms with Crippen LogP contribution in [0.1, 0.15) is 30.0 Å². The molecule has 0 spiro atoms. The molecule has 2 aromatic carbocycles. The molecule has 1 fully saturated rings. The minimum Gasteiger partial charge on any atom is -0.487 e. The van der Waals surface area contributed by atoms with Crippen LogP contribution in [0.3, 0.4) is 0 Å². The Hall–Kier alpha value is -3.42. The summed E-state index contributed by atoms with van der Waals surface area (Å²) in [5, 5.41) is 6.97. The molecule has 2 heterocycles. The summed E-state index contributed by atoms with van der Waals surface area (Å²) in [7, 11) is 1.78. The first-order valence-corrected chi connectivity index (χ1v) is 12.1. The van der Waals surface area contributed by atoms with Gasteiger partial charge in [-0.05, 0) is 48.2 Å². The molecular weight excluding hydrogens is 464 g/mol. The van der Waals surface area contributed by atoms with Crippen molar-refractivity contribution in [2.45, 2.75) is 31.4 Å². The highest BCUT2D eigenvalue weighted by Gasteiger charge is 2.24. The van der Waals surface area contributed by atoms with Gasteiger partial charge < -0.3 is 20.3 Å². The van der Waals surface area contributed by atoms with Crippen molar-refractivity contribution >= 4 is 29.2 Å². The van der Waals surface area contributed by atoms with E-state index in [4.69, 9.17) is 16.3 Å². The molecule has 1 aromatic heterocycles. The van der Waals surface area contributed by atoms with Crippen molar-refractivity contribution in [1.29, 1.82) is 0 Å². The molecule has 182 valence electrons. The van der Waals surface area contributed by atoms with Crippen LogP contribution in [-0.4, -0.2) is 47.9 Å². The smallest absolute Gasteiger partial charge is 0.247 e. The number of ether oxygens (including phenoxy) is 1. The van der Waals surface area contributed by atoms with Gasteiger partial charge in [0.15, 0.2) is 0 Å². The van der Waals surface area contributed by atoms with E-state index < -0.39 is 6.04 Å². The number of amides is 2. The molecule has 1 aliphatic rings. The van der Waals surface area contributed by atoms with Gasteiger partial charge in [-0.2, -0.15) is 0 Å². The predicted octanol–water partition coefficient (Wildman–Crippen LogP) is 4.25. The number of carbonyl (C=O) groups excluding carboxylic acids is 2. The normalized spacial score (nSPS) is 16.6. The number of carbonyl (C=O) groups is 2. The molecule has 3 aromatic rings. The summed E-state index contributed by atoms with van der Waals surface area (Å²) in [6.07, 6.45) is 3.46. The van der Waals surface area contributed by atoms with E-state index in [1.54, 1.807) is 30.3 Å². The number of likely N-dealkylation sites (tertiary alicyclic amines) is 1. The van der Waals surface area contributed by atoms with Gasteiger partial charge >= 0.3 is 0 Å². The average molecular weight is 493 g/mol. The molecule has 4 rings (SSSR count). The first-order valence-electron chi connectivity index (χ1n) is 11.7. The van der Waals surface area contributed by atoms with Crippen molar-refractivity contribution in [1.82, 2.24) is 15.2 Å². The van der Waals surface area contributed by atoms with Crippen molar-refractivity contribution in [3.63, 3.8) is 0 Å². The summed E-state index contributed by atoms with van der Waals surface area (Å²) in [5.41, 5.74) is 2.01. The highest BCUT2D eigenvalue weighted by atomic mass is 35.5. The van der Waals surface area contributed by atoms with Crippen LogP contribution in [-0.2, 0) is 16.0 Å². The topological polar surface area (TPSA) is 83.6 Å². The van der Waals surface area contributed by atoms with Gasteiger partial charge in [-0.15, -0.1) is 0 Å². The quantitative estimate of drug-likeness (QED) is 0.466. The van der Waals surface area contributed by atoms with Crippen LogP contribution in [0, 0.1) is 0 Å². The zero-order chi connectivity index (χ0) is 24.6. The number of aromatic nitrogens is 1. The Morgan fingerprint density at radius 1 is 1.14 bits per heavy atom. The number of likely N-dealkylation sites (N-methyl/N-ethyl adjacent to an activating group) is 1. The van der Waals surface area contributed by atoms with Crippen LogP contribution >= 0.6 is 11.6 Å². The van der Waals surface area contributed by atoms with E-state index in [2.05, 4.69) is 15.6 Å². The second-order valence-corrected chi connectivity index (χ2v) is 9.03. The number of nitrogens with zero attached hydrogens (tertiary/aromatic N) is 2. The van der Waals surface area contributed by atoms with Gasteiger partial charge in [0, 0.05) is 25.0 Å². The third-order valence-corrected chi connectivity index (χ3v) is 6.20. The summed E-state index contributed by atoms with van der Waals surface area (Å²) in [4.78, 5) is 30.9. The zero-order valence-corrected chi connectivity index (χ0v) is 20.4. The molecule has 8 heteroatoms. The molecule has 2 amide bonds. The second kappa shape index (κ2) is 11.8. The Morgan fingerprint density at radius 2 is 1.91 bits per heavy atom. The monoisotopic (exact) mass is 492 g/mol. The number of anilines is 1. The van der Waals surface area contributed by atoms with Crippen molar-refractivity contribution in [2.24, 2.45) is 0 Å². The number of nitrogens with one attached hydrogen (secondary N) is 2. The van der Waals surface area contributed by atoms with E-state index in [0.29, 0.717) is 42.5 Å². The van der Waals surface area contributed by atoms with Crippen LogP contribution in [0.5, 0.6) is 5.75 Å². The summed E-state index contributed by atoms with van der Waals surface area (Å²) in [6, 6.07) is 20.3. The molecule has 1 saturated heterocycles. The van der Waals surface area contributed by atoms with Crippen LogP contribution in [0.25, 0.3) is 0 Å². The third-order valence-electron chi connectivity index (χ3n) is 5.94. The molecule has 1 aliphatic heterocycles. The fourth-order valence-corrected chi connectivity index (χ4v) is 4.13. The lowest BCUT2D eigenvalue weighted by Gasteiger charge is -2.29. The van der Waals surface area contributed by atoms with E-state index in [1.807, 2.05) is 54.6 Å². The number of rotatable bonds is 9. The van der Waals surface area contributed by atoms with Crippen LogP contribution in [0.4, 0.5) is 5.82 Å². The third kappa shape index (κ3) is 7.04. The van der Waals surface area contributed by atoms with Crippen molar-refractivity contribution in [3.05, 3.63) is 89.1 Å². The van der Waals surface area contributed by atoms with E-state index in [0.717, 1.165) is 17.5 Å². The van der Waals surface area contributed by atoms with Gasteiger partial charge in [-0.1, -0.05) is 54.1 Å². The van der Waals surface area contributed by atoms with Gasteiger partial charge in [-0.25, -0.2) is 4.98 Å². The van der Waals surface area contributed by atoms with Crippen molar-refractivity contribution < 1.29 is 14.3 Å². The van der Waals surface area contributed by atoms with Crippen LogP contribution in [0.2, 0.25) is 5.02 Å². The maximum Gasteiger partial charge on any atom is 0.247 e. The largest absolute Gasteiger partial charge is 0.487 e. The fraction of sp³-hybridized carbons (Fsp3) is 0.296. The first-order chi connectivity index (χ1) is 17.0. The number of hydrogen-bond acceptors (Lipinski definition) is 5. The summed E-state index contributed by atoms with van der Waals surface area (Å²) >= 11 is 5.97. The molecule has 2 atom stereocenters. The maximum atomic E-state index is 13.2. The molecule has 0 unspecified atom stereocenters. The van der Waals surface area contributed by atoms with E-state index >= 15 is 0 Å². The van der Waals surface area contributed by atoms with Gasteiger partial charge in [0.05, 0.1) is 12.7 Å². The highest BCUT2D eigenvalue weighted by Crippen LogP contribution is 2.20. The summed E-state index contributed by atoms with van der Waals surface area (Å²) in [5.74, 6) is 0.992. The molecule has 0 aliphatic carbocycles. The Labute approximate surface area is 210 Å². The first kappa shape index (κ1) is 24.7. The predicted molar refractivity (Wildman–Crippen MR) is 136 cm³/mol.